The minimum atomic E-state index is 0.593. The van der Waals surface area contributed by atoms with Gasteiger partial charge in [-0.1, -0.05) is 57.3 Å². The second kappa shape index (κ2) is 4.42. The molecule has 0 nitrogen and oxygen atoms in total. The Bertz CT molecular complexity index is 479. The Morgan fingerprint density at radius 3 is 2.13 bits per heavy atom. The molecule has 72 valence electrons. The summed E-state index contributed by atoms with van der Waals surface area (Å²) < 4.78 is 1.06. The molecular weight excluding hydrogens is 270 g/mol. The summed E-state index contributed by atoms with van der Waals surface area (Å²) >= 11 is 9.26. The van der Waals surface area contributed by atoms with Gasteiger partial charge < -0.3 is 0 Å². The summed E-state index contributed by atoms with van der Waals surface area (Å²) in [6.45, 7) is 0. The van der Waals surface area contributed by atoms with Crippen LogP contribution in [0.2, 0.25) is 5.02 Å². The largest absolute Gasteiger partial charge is 0.115 e. The third-order valence-electron chi connectivity index (χ3n) is 2.17. The molecule has 0 aromatic heterocycles. The van der Waals surface area contributed by atoms with Crippen LogP contribution in [0.25, 0.3) is 11.1 Å². The molecule has 0 bridgehead atoms. The van der Waals surface area contributed by atoms with Crippen LogP contribution in [0.4, 0.5) is 0 Å². The molecule has 0 heterocycles. The summed E-state index contributed by atoms with van der Waals surface area (Å²) in [5.41, 5.74) is 2.81. The molecule has 15 heavy (non-hydrogen) atoms. The maximum absolute atomic E-state index is 5.86. The van der Waals surface area contributed by atoms with Crippen LogP contribution < -0.4 is 5.46 Å². The Labute approximate surface area is 104 Å². The molecule has 3 heteroatoms. The van der Waals surface area contributed by atoms with Gasteiger partial charge in [0.05, 0.1) is 0 Å². The van der Waals surface area contributed by atoms with E-state index in [0.717, 1.165) is 15.6 Å². The van der Waals surface area contributed by atoms with Crippen molar-refractivity contribution in [2.75, 3.05) is 0 Å². The first-order valence-corrected chi connectivity index (χ1v) is 5.65. The van der Waals surface area contributed by atoms with Gasteiger partial charge in [0.25, 0.3) is 0 Å². The molecule has 0 amide bonds. The van der Waals surface area contributed by atoms with E-state index in [1.54, 1.807) is 0 Å². The molecule has 0 unspecified atom stereocenters. The van der Waals surface area contributed by atoms with Gasteiger partial charge in [-0.3, -0.25) is 0 Å². The van der Waals surface area contributed by atoms with Crippen LogP contribution in [0.15, 0.2) is 46.9 Å². The summed E-state index contributed by atoms with van der Waals surface area (Å²) in [6.07, 6.45) is 0. The van der Waals surface area contributed by atoms with Crippen LogP contribution in [-0.4, -0.2) is 7.85 Å². The Balaban J connectivity index is 2.45. The molecule has 0 aliphatic carbocycles. The van der Waals surface area contributed by atoms with Gasteiger partial charge in [-0.2, -0.15) is 0 Å². The van der Waals surface area contributed by atoms with E-state index in [4.69, 9.17) is 19.4 Å². The summed E-state index contributed by atoms with van der Waals surface area (Å²) in [5.74, 6) is 0. The van der Waals surface area contributed by atoms with Crippen molar-refractivity contribution in [3.8, 4) is 11.1 Å². The van der Waals surface area contributed by atoms with Crippen molar-refractivity contribution < 1.29 is 0 Å². The van der Waals surface area contributed by atoms with Crippen molar-refractivity contribution in [3.63, 3.8) is 0 Å². The molecule has 0 saturated carbocycles. The van der Waals surface area contributed by atoms with Gasteiger partial charge >= 0.3 is 0 Å². The number of rotatable bonds is 1. The van der Waals surface area contributed by atoms with Crippen molar-refractivity contribution in [1.82, 2.24) is 0 Å². The molecule has 0 atom stereocenters. The van der Waals surface area contributed by atoms with Crippen molar-refractivity contribution in [1.29, 1.82) is 0 Å². The maximum Gasteiger partial charge on any atom is 0.115 e. The second-order valence-electron chi connectivity index (χ2n) is 3.24. The minimum Gasteiger partial charge on any atom is -0.0850 e. The highest BCUT2D eigenvalue weighted by Crippen LogP contribution is 2.22. The van der Waals surface area contributed by atoms with Crippen molar-refractivity contribution in [2.45, 2.75) is 0 Å². The van der Waals surface area contributed by atoms with Gasteiger partial charge in [-0.05, 0) is 29.3 Å². The third-order valence-corrected chi connectivity index (χ3v) is 3.05. The number of hydrogen-bond donors (Lipinski definition) is 0. The van der Waals surface area contributed by atoms with E-state index >= 15 is 0 Å². The van der Waals surface area contributed by atoms with E-state index in [9.17, 15) is 0 Å². The Morgan fingerprint density at radius 2 is 1.53 bits per heavy atom. The summed E-state index contributed by atoms with van der Waals surface area (Å²) in [5, 5.41) is 0.593. The molecule has 0 aliphatic rings. The maximum atomic E-state index is 5.86. The van der Waals surface area contributed by atoms with E-state index in [2.05, 4.69) is 15.9 Å². The van der Waals surface area contributed by atoms with Crippen molar-refractivity contribution >= 4 is 40.8 Å². The quantitative estimate of drug-likeness (QED) is 0.699. The van der Waals surface area contributed by atoms with Crippen LogP contribution in [0.5, 0.6) is 0 Å². The van der Waals surface area contributed by atoms with E-state index in [-0.39, 0.29) is 0 Å². The first-order valence-electron chi connectivity index (χ1n) is 4.48. The predicted molar refractivity (Wildman–Crippen MR) is 70.0 cm³/mol. The lowest BCUT2D eigenvalue weighted by atomic mass is 9.92. The fourth-order valence-electron chi connectivity index (χ4n) is 1.37. The van der Waals surface area contributed by atoms with Crippen molar-refractivity contribution in [3.05, 3.63) is 52.0 Å². The normalized spacial score (nSPS) is 10.3. The van der Waals surface area contributed by atoms with Gasteiger partial charge in [0.1, 0.15) is 7.85 Å². The lowest BCUT2D eigenvalue weighted by Gasteiger charge is -2.04. The molecule has 0 spiro atoms. The van der Waals surface area contributed by atoms with E-state index in [1.807, 2.05) is 42.5 Å². The zero-order chi connectivity index (χ0) is 10.8. The molecule has 2 rings (SSSR count). The molecule has 0 aliphatic heterocycles. The molecule has 0 fully saturated rings. The Kier molecular flexibility index (Phi) is 3.18. The van der Waals surface area contributed by atoms with Gasteiger partial charge in [-0.25, -0.2) is 0 Å². The van der Waals surface area contributed by atoms with E-state index in [1.165, 1.54) is 0 Å². The van der Waals surface area contributed by atoms with Crippen molar-refractivity contribution in [2.24, 2.45) is 0 Å². The summed E-state index contributed by atoms with van der Waals surface area (Å²) in [6, 6.07) is 13.7. The molecule has 0 saturated heterocycles. The standard InChI is InChI=1S/C12H7BBrCl/c13-11-7-9(3-6-12(11)15)8-1-4-10(14)5-2-8/h1-7H. The lowest BCUT2D eigenvalue weighted by molar-refractivity contribution is 1.61. The van der Waals surface area contributed by atoms with Gasteiger partial charge in [0, 0.05) is 9.50 Å². The molecule has 2 aromatic rings. The monoisotopic (exact) mass is 276 g/mol. The molecule has 0 N–H and O–H groups in total. The zero-order valence-electron chi connectivity index (χ0n) is 7.87. The molecule has 2 aromatic carbocycles. The second-order valence-corrected chi connectivity index (χ2v) is 4.57. The minimum absolute atomic E-state index is 0.593. The average molecular weight is 277 g/mol. The third kappa shape index (κ3) is 2.44. The van der Waals surface area contributed by atoms with Crippen LogP contribution >= 0.6 is 27.5 Å². The van der Waals surface area contributed by atoms with Crippen LogP contribution in [-0.2, 0) is 0 Å². The van der Waals surface area contributed by atoms with Crippen LogP contribution in [0.3, 0.4) is 0 Å². The highest BCUT2D eigenvalue weighted by Gasteiger charge is 1.99. The lowest BCUT2D eigenvalue weighted by Crippen LogP contribution is -2.03. The summed E-state index contributed by atoms with van der Waals surface area (Å²) in [4.78, 5) is 0. The smallest absolute Gasteiger partial charge is 0.0850 e. The van der Waals surface area contributed by atoms with Crippen LogP contribution in [0, 0.1) is 0 Å². The fourth-order valence-corrected chi connectivity index (χ4v) is 1.75. The fraction of sp³-hybridized carbons (Fsp3) is 0. The van der Waals surface area contributed by atoms with Crippen LogP contribution in [0.1, 0.15) is 0 Å². The molecular formula is C12H7BBrCl. The number of benzene rings is 2. The number of hydrogen-bond acceptors (Lipinski definition) is 0. The van der Waals surface area contributed by atoms with E-state index < -0.39 is 0 Å². The highest BCUT2D eigenvalue weighted by molar-refractivity contribution is 9.10. The van der Waals surface area contributed by atoms with E-state index in [0.29, 0.717) is 10.5 Å². The highest BCUT2D eigenvalue weighted by atomic mass is 79.9. The topological polar surface area (TPSA) is 0 Å². The number of halogens is 2. The van der Waals surface area contributed by atoms with Gasteiger partial charge in [-0.15, -0.1) is 0 Å². The first-order chi connectivity index (χ1) is 7.16. The average Bonchev–Trinajstić information content (AvgIpc) is 2.23. The summed E-state index contributed by atoms with van der Waals surface area (Å²) in [7, 11) is 5.75. The molecule has 2 radical (unpaired) electrons. The first kappa shape index (κ1) is 10.8. The zero-order valence-corrected chi connectivity index (χ0v) is 10.2. The SMILES string of the molecule is [B]c1cc(-c2ccc(Br)cc2)ccc1Cl. The van der Waals surface area contributed by atoms with Gasteiger partial charge in [0.2, 0.25) is 0 Å². The Hall–Kier alpha value is -0.725. The predicted octanol–water partition coefficient (Wildman–Crippen LogP) is 3.56. The van der Waals surface area contributed by atoms with Gasteiger partial charge in [0.15, 0.2) is 0 Å². The Morgan fingerprint density at radius 1 is 0.933 bits per heavy atom.